The second-order valence-electron chi connectivity index (χ2n) is 9.59. The lowest BCUT2D eigenvalue weighted by Gasteiger charge is -2.31. The van der Waals surface area contributed by atoms with Crippen molar-refractivity contribution in [2.45, 2.75) is 58.0 Å². The number of rotatable bonds is 6. The molecule has 1 aromatic carbocycles. The van der Waals surface area contributed by atoms with Crippen molar-refractivity contribution in [1.82, 2.24) is 19.5 Å². The summed E-state index contributed by atoms with van der Waals surface area (Å²) in [6, 6.07) is 1.46. The van der Waals surface area contributed by atoms with Crippen LogP contribution in [0.5, 0.6) is 0 Å². The lowest BCUT2D eigenvalue weighted by Crippen LogP contribution is -2.28. The smallest absolute Gasteiger partial charge is 0.224 e. The minimum Gasteiger partial charge on any atom is -0.379 e. The van der Waals surface area contributed by atoms with Gasteiger partial charge in [0.2, 0.25) is 11.9 Å². The molecule has 3 heterocycles. The molecule has 1 atom stereocenters. The van der Waals surface area contributed by atoms with Gasteiger partial charge in [-0.2, -0.15) is 4.98 Å². The van der Waals surface area contributed by atoms with E-state index in [-0.39, 0.29) is 12.0 Å². The van der Waals surface area contributed by atoms with Gasteiger partial charge >= 0.3 is 0 Å². The highest BCUT2D eigenvalue weighted by Crippen LogP contribution is 2.33. The topological polar surface area (TPSA) is 76.9 Å². The first-order valence-electron chi connectivity index (χ1n) is 11.9. The van der Waals surface area contributed by atoms with Gasteiger partial charge in [-0.15, -0.1) is 0 Å². The predicted octanol–water partition coefficient (Wildman–Crippen LogP) is 5.58. The van der Waals surface area contributed by atoms with Crippen LogP contribution in [-0.4, -0.2) is 38.8 Å². The van der Waals surface area contributed by atoms with E-state index in [2.05, 4.69) is 34.4 Å². The quantitative estimate of drug-likeness (QED) is 0.486. The summed E-state index contributed by atoms with van der Waals surface area (Å²) >= 11 is 0. The van der Waals surface area contributed by atoms with Crippen LogP contribution in [0.25, 0.3) is 11.2 Å². The van der Waals surface area contributed by atoms with Crippen LogP contribution in [0.1, 0.15) is 52.0 Å². The summed E-state index contributed by atoms with van der Waals surface area (Å²) in [4.78, 5) is 13.7. The number of imidazole rings is 1. The summed E-state index contributed by atoms with van der Waals surface area (Å²) in [5, 5.41) is 6.17. The molecule has 3 aromatic rings. The lowest BCUT2D eigenvalue weighted by atomic mass is 9.80. The van der Waals surface area contributed by atoms with Crippen molar-refractivity contribution in [2.75, 3.05) is 23.8 Å². The van der Waals surface area contributed by atoms with Gasteiger partial charge in [0.25, 0.3) is 0 Å². The maximum Gasteiger partial charge on any atom is 0.224 e. The summed E-state index contributed by atoms with van der Waals surface area (Å²) in [7, 11) is 0. The highest BCUT2D eigenvalue weighted by molar-refractivity contribution is 5.76. The van der Waals surface area contributed by atoms with Crippen LogP contribution in [0, 0.1) is 29.3 Å². The van der Waals surface area contributed by atoms with Crippen molar-refractivity contribution < 1.29 is 17.9 Å². The first-order valence-corrected chi connectivity index (χ1v) is 11.9. The number of hydrogen-bond donors (Lipinski definition) is 2. The molecular formula is C24H29F3N6O. The number of aromatic nitrogens is 4. The fraction of sp³-hybridized carbons (Fsp3) is 0.542. The zero-order chi connectivity index (χ0) is 23.8. The molecule has 10 heteroatoms. The molecule has 1 aliphatic heterocycles. The number of hydrogen-bond acceptors (Lipinski definition) is 6. The van der Waals surface area contributed by atoms with Crippen molar-refractivity contribution in [3.05, 3.63) is 35.8 Å². The van der Waals surface area contributed by atoms with E-state index in [9.17, 15) is 13.2 Å². The lowest BCUT2D eigenvalue weighted by molar-refractivity contribution is 0.187. The van der Waals surface area contributed by atoms with Gasteiger partial charge in [-0.3, -0.25) is 4.57 Å². The van der Waals surface area contributed by atoms with Gasteiger partial charge in [0.15, 0.2) is 17.3 Å². The molecule has 0 amide bonds. The van der Waals surface area contributed by atoms with Gasteiger partial charge in [-0.1, -0.05) is 13.8 Å². The normalized spacial score (nSPS) is 23.1. The maximum atomic E-state index is 14.3. The van der Waals surface area contributed by atoms with E-state index in [1.807, 2.05) is 0 Å². The molecule has 5 rings (SSSR count). The van der Waals surface area contributed by atoms with Gasteiger partial charge in [-0.25, -0.2) is 23.1 Å². The second-order valence-corrected chi connectivity index (χ2v) is 9.59. The van der Waals surface area contributed by atoms with Crippen LogP contribution in [0.4, 0.5) is 30.8 Å². The Bertz CT molecular complexity index is 1150. The van der Waals surface area contributed by atoms with Crippen LogP contribution in [0.3, 0.4) is 0 Å². The SMILES string of the molecule is CC(C)C1CCC(Nc2ncc3nc(Nc4c(F)cc(F)cc4F)n([C@H]4CCOC4)c3n2)CC1. The molecule has 0 unspecified atom stereocenters. The Hall–Kier alpha value is -2.88. The predicted molar refractivity (Wildman–Crippen MR) is 124 cm³/mol. The zero-order valence-corrected chi connectivity index (χ0v) is 19.3. The number of anilines is 3. The van der Waals surface area contributed by atoms with E-state index >= 15 is 0 Å². The molecule has 0 spiro atoms. The molecule has 1 saturated heterocycles. The Morgan fingerprint density at radius 1 is 1.03 bits per heavy atom. The summed E-state index contributed by atoms with van der Waals surface area (Å²) < 4.78 is 49.4. The first-order chi connectivity index (χ1) is 16.4. The average molecular weight is 475 g/mol. The van der Waals surface area contributed by atoms with Gasteiger partial charge in [0.1, 0.15) is 17.0 Å². The largest absolute Gasteiger partial charge is 0.379 e. The fourth-order valence-electron chi connectivity index (χ4n) is 5.01. The van der Waals surface area contributed by atoms with E-state index in [4.69, 9.17) is 9.72 Å². The Kier molecular flexibility index (Phi) is 6.33. The van der Waals surface area contributed by atoms with Crippen LogP contribution < -0.4 is 10.6 Å². The van der Waals surface area contributed by atoms with Crippen LogP contribution >= 0.6 is 0 Å². The minimum atomic E-state index is -1.04. The monoisotopic (exact) mass is 474 g/mol. The van der Waals surface area contributed by atoms with Crippen molar-refractivity contribution in [3.8, 4) is 0 Å². The van der Waals surface area contributed by atoms with Gasteiger partial charge < -0.3 is 15.4 Å². The van der Waals surface area contributed by atoms with Crippen LogP contribution in [0.2, 0.25) is 0 Å². The Morgan fingerprint density at radius 3 is 2.41 bits per heavy atom. The highest BCUT2D eigenvalue weighted by atomic mass is 19.1. The number of fused-ring (bicyclic) bond motifs is 1. The molecule has 182 valence electrons. The fourth-order valence-corrected chi connectivity index (χ4v) is 5.01. The number of halogens is 3. The molecule has 2 N–H and O–H groups in total. The molecule has 2 aromatic heterocycles. The van der Waals surface area contributed by atoms with Crippen molar-refractivity contribution in [3.63, 3.8) is 0 Å². The minimum absolute atomic E-state index is 0.108. The van der Waals surface area contributed by atoms with E-state index < -0.39 is 23.1 Å². The molecule has 0 radical (unpaired) electrons. The molecule has 0 bridgehead atoms. The zero-order valence-electron chi connectivity index (χ0n) is 19.3. The number of ether oxygens (including phenoxy) is 1. The third kappa shape index (κ3) is 4.55. The Morgan fingerprint density at radius 2 is 1.76 bits per heavy atom. The number of nitrogens with zero attached hydrogens (tertiary/aromatic N) is 4. The second kappa shape index (κ2) is 9.40. The molecule has 7 nitrogen and oxygen atoms in total. The number of benzene rings is 1. The van der Waals surface area contributed by atoms with Crippen LogP contribution in [0.15, 0.2) is 18.3 Å². The van der Waals surface area contributed by atoms with E-state index in [1.165, 1.54) is 12.8 Å². The summed E-state index contributed by atoms with van der Waals surface area (Å²) in [6.45, 7) is 5.55. The molecule has 34 heavy (non-hydrogen) atoms. The van der Waals surface area contributed by atoms with Crippen molar-refractivity contribution >= 4 is 28.7 Å². The Balaban J connectivity index is 1.45. The van der Waals surface area contributed by atoms with E-state index in [0.717, 1.165) is 18.8 Å². The first kappa shape index (κ1) is 22.9. The molecular weight excluding hydrogens is 445 g/mol. The third-order valence-corrected chi connectivity index (χ3v) is 7.00. The Labute approximate surface area is 196 Å². The van der Waals surface area contributed by atoms with Gasteiger partial charge in [0, 0.05) is 24.8 Å². The number of nitrogens with one attached hydrogen (secondary N) is 2. The summed E-state index contributed by atoms with van der Waals surface area (Å²) in [6.07, 6.45) is 6.81. The maximum absolute atomic E-state index is 14.3. The van der Waals surface area contributed by atoms with E-state index in [0.29, 0.717) is 60.8 Å². The van der Waals surface area contributed by atoms with E-state index in [1.54, 1.807) is 10.8 Å². The molecule has 1 aliphatic carbocycles. The third-order valence-electron chi connectivity index (χ3n) is 7.00. The van der Waals surface area contributed by atoms with Gasteiger partial charge in [-0.05, 0) is 43.9 Å². The molecule has 1 saturated carbocycles. The summed E-state index contributed by atoms with van der Waals surface area (Å²) in [5.41, 5.74) is 0.575. The summed E-state index contributed by atoms with van der Waals surface area (Å²) in [5.74, 6) is -0.898. The van der Waals surface area contributed by atoms with Crippen LogP contribution in [-0.2, 0) is 4.74 Å². The average Bonchev–Trinajstić information content (AvgIpc) is 3.43. The van der Waals surface area contributed by atoms with Crippen molar-refractivity contribution in [2.24, 2.45) is 11.8 Å². The molecule has 2 aliphatic rings. The molecule has 2 fully saturated rings. The standard InChI is InChI=1S/C24H29F3N6O/c1-13(2)14-3-5-16(6-4-14)29-23-28-11-20-22(32-23)33(17-7-8-34-12-17)24(30-20)31-21-18(26)9-15(25)10-19(21)27/h9-11,13-14,16-17H,3-8,12H2,1-2H3,(H,30,31)(H,28,29,32)/t14?,16?,17-/m0/s1. The van der Waals surface area contributed by atoms with Crippen molar-refractivity contribution in [1.29, 1.82) is 0 Å². The highest BCUT2D eigenvalue weighted by Gasteiger charge is 2.27. The van der Waals surface area contributed by atoms with Gasteiger partial charge in [0.05, 0.1) is 18.8 Å².